The van der Waals surface area contributed by atoms with Crippen LogP contribution in [0.4, 0.5) is 4.79 Å². The fourth-order valence-electron chi connectivity index (χ4n) is 4.20. The minimum atomic E-state index is -0.858. The lowest BCUT2D eigenvalue weighted by atomic mass is 9.87. The summed E-state index contributed by atoms with van der Waals surface area (Å²) in [4.78, 5) is 46.1. The summed E-state index contributed by atoms with van der Waals surface area (Å²) in [5, 5.41) is 12.7. The molecule has 1 aromatic rings. The molecule has 222 valence electrons. The molecule has 2 heterocycles. The van der Waals surface area contributed by atoms with Gasteiger partial charge in [0, 0.05) is 18.9 Å². The first-order valence-corrected chi connectivity index (χ1v) is 13.6. The van der Waals surface area contributed by atoms with Gasteiger partial charge in [-0.05, 0) is 30.9 Å². The van der Waals surface area contributed by atoms with Crippen molar-refractivity contribution in [3.63, 3.8) is 0 Å². The standard InChI is InChI=1S/C29H40N6O6/c1-17(2)33-28(38)35-26(32-16-30)20-12-11-19(34-20)21-14-22(41-27(37)25(31)29(3,4)5)23(40-21)15-39-24(36)13-18-9-7-6-8-10-18/h6-10,12,16-17,21-23,25H,11,13-15,31H2,1-5H3,(H3,30,32,33,35,38)/t21-,22?,23-,25-/m1/s1. The zero-order chi connectivity index (χ0) is 30.2. The van der Waals surface area contributed by atoms with Crippen LogP contribution in [0.2, 0.25) is 0 Å². The number of urea groups is 1. The number of esters is 2. The van der Waals surface area contributed by atoms with Gasteiger partial charge in [0.15, 0.2) is 5.84 Å². The van der Waals surface area contributed by atoms with Crippen LogP contribution in [0.5, 0.6) is 0 Å². The second-order valence-electron chi connectivity index (χ2n) is 11.3. The molecular weight excluding hydrogens is 528 g/mol. The summed E-state index contributed by atoms with van der Waals surface area (Å²) in [5.74, 6) is -0.878. The molecule has 0 saturated carbocycles. The van der Waals surface area contributed by atoms with E-state index in [1.165, 1.54) is 0 Å². The van der Waals surface area contributed by atoms with Gasteiger partial charge in [0.05, 0.1) is 12.1 Å². The Kier molecular flexibility index (Phi) is 10.9. The molecule has 1 unspecified atom stereocenters. The zero-order valence-corrected chi connectivity index (χ0v) is 24.2. The molecule has 1 fully saturated rings. The molecule has 2 aliphatic heterocycles. The number of carbonyl (C=O) groups is 3. The second kappa shape index (κ2) is 14.1. The highest BCUT2D eigenvalue weighted by Crippen LogP contribution is 2.30. The van der Waals surface area contributed by atoms with Gasteiger partial charge in [-0.3, -0.25) is 25.3 Å². The number of ether oxygens (including phenoxy) is 3. The van der Waals surface area contributed by atoms with Crippen LogP contribution in [-0.2, 0) is 30.2 Å². The van der Waals surface area contributed by atoms with E-state index < -0.39 is 47.7 Å². The Morgan fingerprint density at radius 3 is 2.59 bits per heavy atom. The summed E-state index contributed by atoms with van der Waals surface area (Å²) in [6.07, 6.45) is 1.36. The molecule has 41 heavy (non-hydrogen) atoms. The zero-order valence-electron chi connectivity index (χ0n) is 24.2. The highest BCUT2D eigenvalue weighted by Gasteiger charge is 2.43. The van der Waals surface area contributed by atoms with E-state index in [0.717, 1.165) is 11.9 Å². The average molecular weight is 569 g/mol. The Hall–Kier alpha value is -3.90. The first-order valence-electron chi connectivity index (χ1n) is 13.6. The maximum atomic E-state index is 12.9. The lowest BCUT2D eigenvalue weighted by molar-refractivity contribution is -0.160. The predicted octanol–water partition coefficient (Wildman–Crippen LogP) is 2.66. The van der Waals surface area contributed by atoms with Gasteiger partial charge in [-0.1, -0.05) is 51.1 Å². The molecule has 0 aromatic heterocycles. The number of hydrogen-bond acceptors (Lipinski definition) is 9. The third kappa shape index (κ3) is 9.32. The highest BCUT2D eigenvalue weighted by molar-refractivity contribution is 6.12. The van der Waals surface area contributed by atoms with Gasteiger partial charge in [0.2, 0.25) is 0 Å². The van der Waals surface area contributed by atoms with Crippen molar-refractivity contribution >= 4 is 35.9 Å². The predicted molar refractivity (Wildman–Crippen MR) is 155 cm³/mol. The van der Waals surface area contributed by atoms with Gasteiger partial charge < -0.3 is 25.3 Å². The molecule has 3 rings (SSSR count). The molecular formula is C29H40N6O6. The normalized spacial score (nSPS) is 21.5. The van der Waals surface area contributed by atoms with E-state index in [9.17, 15) is 14.4 Å². The summed E-state index contributed by atoms with van der Waals surface area (Å²) in [6.45, 7) is 9.07. The fourth-order valence-corrected chi connectivity index (χ4v) is 4.20. The van der Waals surface area contributed by atoms with Gasteiger partial charge in [-0.2, -0.15) is 0 Å². The highest BCUT2D eigenvalue weighted by atomic mass is 16.6. The molecule has 1 saturated heterocycles. The Bertz CT molecular complexity index is 1200. The number of nitrogens with two attached hydrogens (primary N) is 1. The molecule has 5 N–H and O–H groups in total. The summed E-state index contributed by atoms with van der Waals surface area (Å²) >= 11 is 0. The number of carbonyl (C=O) groups excluding carboxylic acids is 3. The van der Waals surface area contributed by atoms with Crippen LogP contribution in [0, 0.1) is 10.8 Å². The summed E-state index contributed by atoms with van der Waals surface area (Å²) in [6, 6.07) is 7.80. The monoisotopic (exact) mass is 568 g/mol. The Morgan fingerprint density at radius 2 is 1.95 bits per heavy atom. The summed E-state index contributed by atoms with van der Waals surface area (Å²) in [7, 11) is 0. The molecule has 4 atom stereocenters. The van der Waals surface area contributed by atoms with Gasteiger partial charge in [0.1, 0.15) is 43.0 Å². The van der Waals surface area contributed by atoms with Crippen LogP contribution in [0.3, 0.4) is 0 Å². The third-order valence-corrected chi connectivity index (χ3v) is 6.48. The molecule has 0 bridgehead atoms. The minimum absolute atomic E-state index is 0.0930. The Morgan fingerprint density at radius 1 is 1.24 bits per heavy atom. The SMILES string of the molecule is CC(C)NC(=O)N/C(=N/C=N)C1=CCC([C@H]2CC(OC(=O)[C@@H](N)C(C)(C)C)[C@@H](COC(=O)Cc3ccccc3)O2)=N1. The minimum Gasteiger partial charge on any atom is -0.463 e. The topological polar surface area (TPSA) is 178 Å². The summed E-state index contributed by atoms with van der Waals surface area (Å²) < 4.78 is 17.5. The number of nitrogens with zero attached hydrogens (tertiary/aromatic N) is 2. The second-order valence-corrected chi connectivity index (χ2v) is 11.3. The molecule has 1 aromatic carbocycles. The Balaban J connectivity index is 1.71. The molecule has 0 radical (unpaired) electrons. The van der Waals surface area contributed by atoms with E-state index in [4.69, 9.17) is 25.4 Å². The van der Waals surface area contributed by atoms with Crippen LogP contribution in [0.1, 0.15) is 53.0 Å². The van der Waals surface area contributed by atoms with Crippen LogP contribution >= 0.6 is 0 Å². The number of benzene rings is 1. The van der Waals surface area contributed by atoms with E-state index in [-0.39, 0.29) is 31.3 Å². The number of allylic oxidation sites excluding steroid dienone is 1. The van der Waals surface area contributed by atoms with E-state index in [0.29, 0.717) is 17.8 Å². The number of aliphatic imine (C=N–C) groups is 2. The van der Waals surface area contributed by atoms with Crippen molar-refractivity contribution in [1.82, 2.24) is 10.6 Å². The number of amidine groups is 1. The first-order chi connectivity index (χ1) is 19.4. The number of rotatable bonds is 10. The average Bonchev–Trinajstić information content (AvgIpc) is 3.54. The van der Waals surface area contributed by atoms with Crippen molar-refractivity contribution in [2.45, 2.75) is 84.3 Å². The van der Waals surface area contributed by atoms with Gasteiger partial charge >= 0.3 is 18.0 Å². The van der Waals surface area contributed by atoms with Gasteiger partial charge in [0.25, 0.3) is 0 Å². The van der Waals surface area contributed by atoms with Gasteiger partial charge in [-0.25, -0.2) is 9.79 Å². The van der Waals surface area contributed by atoms with Crippen molar-refractivity contribution in [1.29, 1.82) is 5.41 Å². The van der Waals surface area contributed by atoms with Crippen molar-refractivity contribution in [2.75, 3.05) is 6.61 Å². The molecule has 2 amide bonds. The lowest BCUT2D eigenvalue weighted by Crippen LogP contribution is -2.46. The van der Waals surface area contributed by atoms with Crippen LogP contribution < -0.4 is 16.4 Å². The largest absolute Gasteiger partial charge is 0.463 e. The van der Waals surface area contributed by atoms with Crippen molar-refractivity contribution in [3.05, 3.63) is 47.7 Å². The van der Waals surface area contributed by atoms with Crippen molar-refractivity contribution in [2.24, 2.45) is 21.1 Å². The first kappa shape index (κ1) is 31.6. The van der Waals surface area contributed by atoms with Crippen LogP contribution in [0.15, 0.2) is 52.1 Å². The molecule has 0 spiro atoms. The summed E-state index contributed by atoms with van der Waals surface area (Å²) in [5.41, 5.74) is 7.44. The van der Waals surface area contributed by atoms with E-state index in [1.807, 2.05) is 65.0 Å². The van der Waals surface area contributed by atoms with Crippen LogP contribution in [-0.4, -0.2) is 72.9 Å². The number of hydrogen-bond donors (Lipinski definition) is 4. The molecule has 0 aliphatic carbocycles. The van der Waals surface area contributed by atoms with E-state index in [2.05, 4.69) is 20.6 Å². The Labute approximate surface area is 240 Å². The molecule has 12 heteroatoms. The number of nitrogens with one attached hydrogen (secondary N) is 3. The quantitative estimate of drug-likeness (QED) is 0.190. The smallest absolute Gasteiger partial charge is 0.323 e. The van der Waals surface area contributed by atoms with Gasteiger partial charge in [-0.15, -0.1) is 0 Å². The third-order valence-electron chi connectivity index (χ3n) is 6.48. The fraction of sp³-hybridized carbons (Fsp3) is 0.517. The number of amides is 2. The lowest BCUT2D eigenvalue weighted by Gasteiger charge is -2.27. The molecule has 12 nitrogen and oxygen atoms in total. The van der Waals surface area contributed by atoms with Crippen molar-refractivity contribution in [3.8, 4) is 0 Å². The van der Waals surface area contributed by atoms with Crippen LogP contribution in [0.25, 0.3) is 0 Å². The van der Waals surface area contributed by atoms with E-state index in [1.54, 1.807) is 6.08 Å². The maximum Gasteiger partial charge on any atom is 0.323 e. The van der Waals surface area contributed by atoms with E-state index >= 15 is 0 Å². The van der Waals surface area contributed by atoms with Crippen molar-refractivity contribution < 1.29 is 28.6 Å². The maximum absolute atomic E-state index is 12.9. The molecule has 2 aliphatic rings.